The second-order valence-electron chi connectivity index (χ2n) is 5.54. The van der Waals surface area contributed by atoms with Gasteiger partial charge in [-0.1, -0.05) is 19.8 Å². The summed E-state index contributed by atoms with van der Waals surface area (Å²) in [6, 6.07) is 0.323. The van der Waals surface area contributed by atoms with E-state index in [1.807, 2.05) is 13.8 Å². The molecule has 1 aliphatic carbocycles. The molecule has 0 spiro atoms. The Balaban J connectivity index is 2.06. The molecule has 1 saturated carbocycles. The van der Waals surface area contributed by atoms with Crippen molar-refractivity contribution in [2.24, 2.45) is 5.92 Å². The van der Waals surface area contributed by atoms with Crippen molar-refractivity contribution >= 4 is 6.03 Å². The molecule has 4 nitrogen and oxygen atoms in total. The molecular weight excluding hydrogens is 228 g/mol. The third kappa shape index (κ3) is 6.24. The van der Waals surface area contributed by atoms with Gasteiger partial charge in [-0.05, 0) is 39.0 Å². The van der Waals surface area contributed by atoms with Crippen molar-refractivity contribution in [2.45, 2.75) is 65.0 Å². The SMILES string of the molecule is CC(C)OCCCNC(=O)NC1CCCCC1C. The zero-order chi connectivity index (χ0) is 13.4. The predicted octanol–water partition coefficient (Wildman–Crippen LogP) is 2.68. The molecule has 0 saturated heterocycles. The lowest BCUT2D eigenvalue weighted by molar-refractivity contribution is 0.0773. The molecular formula is C14H28N2O2. The fraction of sp³-hybridized carbons (Fsp3) is 0.929. The molecule has 18 heavy (non-hydrogen) atoms. The Kier molecular flexibility index (Phi) is 7.09. The lowest BCUT2D eigenvalue weighted by Crippen LogP contribution is -2.46. The van der Waals surface area contributed by atoms with Gasteiger partial charge in [0.1, 0.15) is 0 Å². The number of rotatable bonds is 6. The summed E-state index contributed by atoms with van der Waals surface area (Å²) >= 11 is 0. The minimum atomic E-state index is -0.0294. The smallest absolute Gasteiger partial charge is 0.315 e. The highest BCUT2D eigenvalue weighted by molar-refractivity contribution is 5.74. The summed E-state index contributed by atoms with van der Waals surface area (Å²) < 4.78 is 5.42. The maximum atomic E-state index is 11.7. The number of ether oxygens (including phenoxy) is 1. The lowest BCUT2D eigenvalue weighted by atomic mass is 9.86. The van der Waals surface area contributed by atoms with Gasteiger partial charge in [0.05, 0.1) is 6.10 Å². The minimum Gasteiger partial charge on any atom is -0.379 e. The summed E-state index contributed by atoms with van der Waals surface area (Å²) in [5.74, 6) is 0.605. The summed E-state index contributed by atoms with van der Waals surface area (Å²) in [6.07, 6.45) is 6.01. The molecule has 0 aromatic carbocycles. The van der Waals surface area contributed by atoms with Gasteiger partial charge in [0.2, 0.25) is 0 Å². The molecule has 0 radical (unpaired) electrons. The molecule has 1 aliphatic rings. The Hall–Kier alpha value is -0.770. The second kappa shape index (κ2) is 8.35. The van der Waals surface area contributed by atoms with Crippen molar-refractivity contribution in [3.63, 3.8) is 0 Å². The van der Waals surface area contributed by atoms with Crippen molar-refractivity contribution in [3.05, 3.63) is 0 Å². The topological polar surface area (TPSA) is 50.4 Å². The van der Waals surface area contributed by atoms with Gasteiger partial charge in [-0.2, -0.15) is 0 Å². The molecule has 106 valence electrons. The fourth-order valence-corrected chi connectivity index (χ4v) is 2.34. The maximum Gasteiger partial charge on any atom is 0.315 e. The third-order valence-corrected chi connectivity index (χ3v) is 3.49. The van der Waals surface area contributed by atoms with Gasteiger partial charge in [-0.3, -0.25) is 0 Å². The zero-order valence-electron chi connectivity index (χ0n) is 12.0. The fourth-order valence-electron chi connectivity index (χ4n) is 2.34. The number of urea groups is 1. The summed E-state index contributed by atoms with van der Waals surface area (Å²) in [6.45, 7) is 7.65. The van der Waals surface area contributed by atoms with Crippen LogP contribution in [0.1, 0.15) is 52.9 Å². The Labute approximate surface area is 111 Å². The van der Waals surface area contributed by atoms with Crippen LogP contribution in [0.3, 0.4) is 0 Å². The molecule has 0 bridgehead atoms. The Morgan fingerprint density at radius 2 is 2.06 bits per heavy atom. The van der Waals surface area contributed by atoms with Crippen LogP contribution in [0, 0.1) is 5.92 Å². The van der Waals surface area contributed by atoms with Crippen LogP contribution in [0.5, 0.6) is 0 Å². The monoisotopic (exact) mass is 256 g/mol. The van der Waals surface area contributed by atoms with E-state index in [0.29, 0.717) is 25.1 Å². The van der Waals surface area contributed by atoms with Crippen molar-refractivity contribution in [2.75, 3.05) is 13.2 Å². The normalized spacial score (nSPS) is 24.0. The van der Waals surface area contributed by atoms with Gasteiger partial charge in [-0.15, -0.1) is 0 Å². The summed E-state index contributed by atoms with van der Waals surface area (Å²) in [5.41, 5.74) is 0. The van der Waals surface area contributed by atoms with E-state index in [9.17, 15) is 4.79 Å². The van der Waals surface area contributed by atoms with Crippen molar-refractivity contribution < 1.29 is 9.53 Å². The first-order valence-corrected chi connectivity index (χ1v) is 7.25. The maximum absolute atomic E-state index is 11.7. The Morgan fingerprint density at radius 3 is 2.72 bits per heavy atom. The number of carbonyl (C=O) groups is 1. The number of hydrogen-bond acceptors (Lipinski definition) is 2. The van der Waals surface area contributed by atoms with E-state index >= 15 is 0 Å². The molecule has 2 unspecified atom stereocenters. The van der Waals surface area contributed by atoms with Crippen LogP contribution in [0.25, 0.3) is 0 Å². The highest BCUT2D eigenvalue weighted by atomic mass is 16.5. The molecule has 2 atom stereocenters. The van der Waals surface area contributed by atoms with Crippen molar-refractivity contribution in [1.29, 1.82) is 0 Å². The van der Waals surface area contributed by atoms with Gasteiger partial charge in [0.25, 0.3) is 0 Å². The minimum absolute atomic E-state index is 0.0294. The van der Waals surface area contributed by atoms with E-state index in [1.165, 1.54) is 19.3 Å². The summed E-state index contributed by atoms with van der Waals surface area (Å²) in [4.78, 5) is 11.7. The van der Waals surface area contributed by atoms with Gasteiger partial charge in [-0.25, -0.2) is 4.79 Å². The quantitative estimate of drug-likeness (QED) is 0.718. The molecule has 0 heterocycles. The second-order valence-corrected chi connectivity index (χ2v) is 5.54. The largest absolute Gasteiger partial charge is 0.379 e. The first-order chi connectivity index (χ1) is 8.59. The molecule has 4 heteroatoms. The first-order valence-electron chi connectivity index (χ1n) is 7.25. The first kappa shape index (κ1) is 15.3. The number of hydrogen-bond donors (Lipinski definition) is 2. The van der Waals surface area contributed by atoms with Gasteiger partial charge >= 0.3 is 6.03 Å². The molecule has 0 aromatic rings. The van der Waals surface area contributed by atoms with Crippen LogP contribution in [0.15, 0.2) is 0 Å². The Bertz CT molecular complexity index is 244. The number of carbonyl (C=O) groups excluding carboxylic acids is 1. The third-order valence-electron chi connectivity index (χ3n) is 3.49. The average Bonchev–Trinajstić information content (AvgIpc) is 2.31. The van der Waals surface area contributed by atoms with E-state index in [1.54, 1.807) is 0 Å². The van der Waals surface area contributed by atoms with Crippen LogP contribution in [0.4, 0.5) is 4.79 Å². The zero-order valence-corrected chi connectivity index (χ0v) is 12.0. The molecule has 1 fully saturated rings. The van der Waals surface area contributed by atoms with Crippen LogP contribution in [0.2, 0.25) is 0 Å². The molecule has 0 aromatic heterocycles. The van der Waals surface area contributed by atoms with E-state index in [4.69, 9.17) is 4.74 Å². The highest BCUT2D eigenvalue weighted by Crippen LogP contribution is 2.23. The average molecular weight is 256 g/mol. The van der Waals surface area contributed by atoms with Gasteiger partial charge in [0.15, 0.2) is 0 Å². The molecule has 2 amide bonds. The lowest BCUT2D eigenvalue weighted by Gasteiger charge is -2.29. The predicted molar refractivity (Wildman–Crippen MR) is 73.7 cm³/mol. The van der Waals surface area contributed by atoms with Gasteiger partial charge in [0, 0.05) is 19.2 Å². The van der Waals surface area contributed by atoms with E-state index in [-0.39, 0.29) is 12.1 Å². The van der Waals surface area contributed by atoms with E-state index in [0.717, 1.165) is 12.8 Å². The van der Waals surface area contributed by atoms with Crippen LogP contribution < -0.4 is 10.6 Å². The highest BCUT2D eigenvalue weighted by Gasteiger charge is 2.22. The molecule has 0 aliphatic heterocycles. The summed E-state index contributed by atoms with van der Waals surface area (Å²) in [5, 5.41) is 5.97. The van der Waals surface area contributed by atoms with Crippen molar-refractivity contribution in [3.8, 4) is 0 Å². The summed E-state index contributed by atoms with van der Waals surface area (Å²) in [7, 11) is 0. The van der Waals surface area contributed by atoms with Crippen molar-refractivity contribution in [1.82, 2.24) is 10.6 Å². The van der Waals surface area contributed by atoms with Gasteiger partial charge < -0.3 is 15.4 Å². The van der Waals surface area contributed by atoms with Crippen LogP contribution >= 0.6 is 0 Å². The number of amides is 2. The van der Waals surface area contributed by atoms with E-state index < -0.39 is 0 Å². The van der Waals surface area contributed by atoms with Crippen LogP contribution in [-0.2, 0) is 4.74 Å². The van der Waals surface area contributed by atoms with E-state index in [2.05, 4.69) is 17.6 Å². The van der Waals surface area contributed by atoms with Crippen LogP contribution in [-0.4, -0.2) is 31.3 Å². The standard InChI is InChI=1S/C14H28N2O2/c1-11(2)18-10-6-9-15-14(17)16-13-8-5-4-7-12(13)3/h11-13H,4-10H2,1-3H3,(H2,15,16,17). The molecule has 1 rings (SSSR count). The Morgan fingerprint density at radius 1 is 1.33 bits per heavy atom. The number of nitrogens with one attached hydrogen (secondary N) is 2. The molecule has 2 N–H and O–H groups in total.